The zero-order chi connectivity index (χ0) is 31.5. The maximum absolute atomic E-state index is 12.6. The highest BCUT2D eigenvalue weighted by atomic mass is 31.2. The minimum absolute atomic E-state index is 0.0728. The number of aliphatic hydroxyl groups excluding tert-OH is 1. The summed E-state index contributed by atoms with van der Waals surface area (Å²) in [6.45, 7) is 4.73. The molecule has 0 aliphatic rings. The smallest absolute Gasteiger partial charge is 0.391 e. The van der Waals surface area contributed by atoms with E-state index in [1.165, 1.54) is 57.8 Å². The molecule has 0 fully saturated rings. The van der Waals surface area contributed by atoms with Crippen molar-refractivity contribution in [2.24, 2.45) is 0 Å². The molecule has 9 heteroatoms. The Balaban J connectivity index is 4.26. The SMILES string of the molecule is CCCCCCCCC/C=C\CCCCCCCC(=O)NC(COP(=O)(O)OCC[N+](C)(C)C)C(O)CCCCCC. The first-order chi connectivity index (χ1) is 20.0. The van der Waals surface area contributed by atoms with Crippen molar-refractivity contribution < 1.29 is 32.9 Å². The fourth-order valence-electron chi connectivity index (χ4n) is 4.68. The molecule has 0 aromatic heterocycles. The molecule has 8 nitrogen and oxygen atoms in total. The summed E-state index contributed by atoms with van der Waals surface area (Å²) in [5, 5.41) is 13.6. The van der Waals surface area contributed by atoms with Gasteiger partial charge in [0.1, 0.15) is 13.2 Å². The van der Waals surface area contributed by atoms with Gasteiger partial charge >= 0.3 is 7.82 Å². The first-order valence-corrected chi connectivity index (χ1v) is 18.5. The predicted molar refractivity (Wildman–Crippen MR) is 175 cm³/mol. The number of phosphoric acid groups is 1. The number of carbonyl (C=O) groups excluding carboxylic acids is 1. The summed E-state index contributed by atoms with van der Waals surface area (Å²) in [4.78, 5) is 22.7. The van der Waals surface area contributed by atoms with Crippen molar-refractivity contribution in [2.45, 2.75) is 154 Å². The van der Waals surface area contributed by atoms with Gasteiger partial charge in [0.2, 0.25) is 5.91 Å². The molecule has 42 heavy (non-hydrogen) atoms. The third kappa shape index (κ3) is 28.0. The minimum atomic E-state index is -4.28. The summed E-state index contributed by atoms with van der Waals surface area (Å²) in [6.07, 6.45) is 25.7. The number of nitrogens with one attached hydrogen (secondary N) is 1. The normalized spacial score (nSPS) is 15.1. The second-order valence-corrected chi connectivity index (χ2v) is 14.3. The Kier molecular flexibility index (Phi) is 26.1. The van der Waals surface area contributed by atoms with Crippen molar-refractivity contribution in [1.82, 2.24) is 5.32 Å². The quantitative estimate of drug-likeness (QED) is 0.0325. The molecule has 0 aliphatic heterocycles. The second kappa shape index (κ2) is 26.6. The van der Waals surface area contributed by atoms with E-state index in [4.69, 9.17) is 9.05 Å². The lowest BCUT2D eigenvalue weighted by Gasteiger charge is -2.26. The third-order valence-corrected chi connectivity index (χ3v) is 8.50. The van der Waals surface area contributed by atoms with Gasteiger partial charge in [-0.15, -0.1) is 0 Å². The lowest BCUT2D eigenvalue weighted by atomic mass is 10.0. The molecule has 3 unspecified atom stereocenters. The fraction of sp³-hybridized carbons (Fsp3) is 0.909. The van der Waals surface area contributed by atoms with Crippen molar-refractivity contribution >= 4 is 13.7 Å². The first-order valence-electron chi connectivity index (χ1n) is 17.1. The van der Waals surface area contributed by atoms with Crippen LogP contribution in [0.4, 0.5) is 0 Å². The average molecular weight is 620 g/mol. The van der Waals surface area contributed by atoms with E-state index in [1.807, 2.05) is 21.1 Å². The van der Waals surface area contributed by atoms with Crippen LogP contribution >= 0.6 is 7.82 Å². The summed E-state index contributed by atoms with van der Waals surface area (Å²) >= 11 is 0. The molecule has 0 saturated carbocycles. The number of phosphoric ester groups is 1. The maximum Gasteiger partial charge on any atom is 0.472 e. The molecule has 1 amide bonds. The van der Waals surface area contributed by atoms with Crippen LogP contribution in [0.15, 0.2) is 12.2 Å². The topological polar surface area (TPSA) is 105 Å². The molecule has 0 aromatic carbocycles. The fourth-order valence-corrected chi connectivity index (χ4v) is 5.42. The van der Waals surface area contributed by atoms with E-state index < -0.39 is 20.0 Å². The van der Waals surface area contributed by atoms with Crippen molar-refractivity contribution in [1.29, 1.82) is 0 Å². The molecule has 0 heterocycles. The molecular weight excluding hydrogens is 551 g/mol. The van der Waals surface area contributed by atoms with E-state index in [9.17, 15) is 19.4 Å². The van der Waals surface area contributed by atoms with Crippen molar-refractivity contribution in [3.8, 4) is 0 Å². The Morgan fingerprint density at radius 3 is 1.83 bits per heavy atom. The Bertz CT molecular complexity index is 713. The van der Waals surface area contributed by atoms with Crippen LogP contribution in [0.2, 0.25) is 0 Å². The maximum atomic E-state index is 12.6. The monoisotopic (exact) mass is 619 g/mol. The number of hydrogen-bond donors (Lipinski definition) is 3. The Morgan fingerprint density at radius 1 is 0.786 bits per heavy atom. The molecule has 0 saturated heterocycles. The molecule has 3 N–H and O–H groups in total. The largest absolute Gasteiger partial charge is 0.472 e. The van der Waals surface area contributed by atoms with Gasteiger partial charge in [-0.25, -0.2) is 4.57 Å². The van der Waals surface area contributed by atoms with E-state index in [2.05, 4.69) is 31.3 Å². The van der Waals surface area contributed by atoms with Gasteiger partial charge in [0.15, 0.2) is 0 Å². The van der Waals surface area contributed by atoms with Gasteiger partial charge in [0.25, 0.3) is 0 Å². The molecule has 0 rings (SSSR count). The van der Waals surface area contributed by atoms with E-state index in [-0.39, 0.29) is 19.1 Å². The van der Waals surface area contributed by atoms with Gasteiger partial charge in [-0.2, -0.15) is 0 Å². The van der Waals surface area contributed by atoms with Gasteiger partial charge in [-0.05, 0) is 38.5 Å². The summed E-state index contributed by atoms with van der Waals surface area (Å²) in [5.74, 6) is -0.164. The summed E-state index contributed by atoms with van der Waals surface area (Å²) in [5.41, 5.74) is 0. The standard InChI is InChI=1S/C33H67N2O6P/c1-6-8-10-12-13-14-15-16-17-18-19-20-21-22-23-25-27-33(37)34-31(32(36)26-24-11-9-7-2)30-41-42(38,39)40-29-28-35(3,4)5/h17-18,31-32,36H,6-16,19-30H2,1-5H3,(H-,34,37,38,39)/p+1/b18-17-. The van der Waals surface area contributed by atoms with Crippen LogP contribution in [-0.4, -0.2) is 73.4 Å². The van der Waals surface area contributed by atoms with Gasteiger partial charge in [0, 0.05) is 6.42 Å². The number of quaternary nitrogens is 1. The van der Waals surface area contributed by atoms with Crippen LogP contribution in [0.1, 0.15) is 142 Å². The zero-order valence-corrected chi connectivity index (χ0v) is 28.9. The number of carbonyl (C=O) groups is 1. The van der Waals surface area contributed by atoms with Gasteiger partial charge in [0.05, 0.1) is 39.9 Å². The molecule has 0 bridgehead atoms. The van der Waals surface area contributed by atoms with Crippen molar-refractivity contribution in [3.63, 3.8) is 0 Å². The number of unbranched alkanes of at least 4 members (excludes halogenated alkanes) is 15. The second-order valence-electron chi connectivity index (χ2n) is 12.9. The van der Waals surface area contributed by atoms with Crippen LogP contribution in [0.3, 0.4) is 0 Å². The third-order valence-electron chi connectivity index (χ3n) is 7.51. The van der Waals surface area contributed by atoms with Crippen LogP contribution in [0.5, 0.6) is 0 Å². The Labute approximate surface area is 259 Å². The molecular formula is C33H68N2O6P+. The van der Waals surface area contributed by atoms with E-state index in [1.54, 1.807) is 0 Å². The van der Waals surface area contributed by atoms with Gasteiger partial charge < -0.3 is 19.8 Å². The van der Waals surface area contributed by atoms with Crippen LogP contribution < -0.4 is 5.32 Å². The number of likely N-dealkylation sites (N-methyl/N-ethyl adjacent to an activating group) is 1. The van der Waals surface area contributed by atoms with Crippen molar-refractivity contribution in [3.05, 3.63) is 12.2 Å². The first kappa shape index (κ1) is 41.2. The minimum Gasteiger partial charge on any atom is -0.391 e. The van der Waals surface area contributed by atoms with E-state index in [0.29, 0.717) is 23.9 Å². The summed E-state index contributed by atoms with van der Waals surface area (Å²) < 4.78 is 23.2. The van der Waals surface area contributed by atoms with Crippen molar-refractivity contribution in [2.75, 3.05) is 40.9 Å². The average Bonchev–Trinajstić information content (AvgIpc) is 2.92. The summed E-state index contributed by atoms with van der Waals surface area (Å²) in [6, 6.07) is -0.755. The predicted octanol–water partition coefficient (Wildman–Crippen LogP) is 8.07. The van der Waals surface area contributed by atoms with E-state index >= 15 is 0 Å². The highest BCUT2D eigenvalue weighted by molar-refractivity contribution is 7.47. The molecule has 0 radical (unpaired) electrons. The Morgan fingerprint density at radius 2 is 1.29 bits per heavy atom. The molecule has 0 spiro atoms. The lowest BCUT2D eigenvalue weighted by molar-refractivity contribution is -0.870. The number of amides is 1. The highest BCUT2D eigenvalue weighted by Gasteiger charge is 2.28. The number of nitrogens with zero attached hydrogens (tertiary/aromatic N) is 1. The highest BCUT2D eigenvalue weighted by Crippen LogP contribution is 2.43. The number of aliphatic hydroxyl groups is 1. The van der Waals surface area contributed by atoms with Crippen LogP contribution in [0.25, 0.3) is 0 Å². The molecule has 0 aromatic rings. The lowest BCUT2D eigenvalue weighted by Crippen LogP contribution is -2.46. The summed E-state index contributed by atoms with van der Waals surface area (Å²) in [7, 11) is 1.60. The Hall–Kier alpha value is -0.760. The zero-order valence-electron chi connectivity index (χ0n) is 28.0. The van der Waals surface area contributed by atoms with Crippen LogP contribution in [0, 0.1) is 0 Å². The van der Waals surface area contributed by atoms with Gasteiger partial charge in [-0.3, -0.25) is 13.8 Å². The van der Waals surface area contributed by atoms with E-state index in [0.717, 1.165) is 57.8 Å². The number of allylic oxidation sites excluding steroid dienone is 2. The number of hydrogen-bond acceptors (Lipinski definition) is 5. The van der Waals surface area contributed by atoms with Gasteiger partial charge in [-0.1, -0.05) is 109 Å². The molecule has 0 aliphatic carbocycles. The van der Waals surface area contributed by atoms with Crippen LogP contribution in [-0.2, 0) is 18.4 Å². The molecule has 250 valence electrons. The number of rotatable bonds is 30. The molecule has 3 atom stereocenters.